The van der Waals surface area contributed by atoms with E-state index in [0.29, 0.717) is 31.3 Å². The van der Waals surface area contributed by atoms with E-state index in [1.807, 2.05) is 0 Å². The predicted octanol–water partition coefficient (Wildman–Crippen LogP) is 2.13. The lowest BCUT2D eigenvalue weighted by molar-refractivity contribution is 0.111. The van der Waals surface area contributed by atoms with E-state index in [-0.39, 0.29) is 0 Å². The lowest BCUT2D eigenvalue weighted by atomic mass is 10.2. The van der Waals surface area contributed by atoms with Gasteiger partial charge in [-0.2, -0.15) is 0 Å². The van der Waals surface area contributed by atoms with Gasteiger partial charge < -0.3 is 9.47 Å². The first-order valence-corrected chi connectivity index (χ1v) is 5.22. The summed E-state index contributed by atoms with van der Waals surface area (Å²) in [7, 11) is 0. The molecule has 1 aromatic carbocycles. The van der Waals surface area contributed by atoms with E-state index in [1.54, 1.807) is 24.3 Å². The van der Waals surface area contributed by atoms with E-state index in [2.05, 4.69) is 0 Å². The van der Waals surface area contributed by atoms with Gasteiger partial charge in [0.2, 0.25) is 0 Å². The maximum atomic E-state index is 10.4. The molecule has 0 amide bonds. The van der Waals surface area contributed by atoms with Crippen LogP contribution >= 0.6 is 11.6 Å². The van der Waals surface area contributed by atoms with Gasteiger partial charge in [-0.1, -0.05) is 0 Å². The number of rotatable bonds is 7. The Morgan fingerprint density at radius 3 is 2.47 bits per heavy atom. The van der Waals surface area contributed by atoms with Crippen LogP contribution in [-0.2, 0) is 4.74 Å². The van der Waals surface area contributed by atoms with E-state index < -0.39 is 0 Å². The molecule has 3 nitrogen and oxygen atoms in total. The van der Waals surface area contributed by atoms with Crippen LogP contribution in [0, 0.1) is 0 Å². The molecule has 0 spiro atoms. The third-order valence-electron chi connectivity index (χ3n) is 1.73. The molecule has 1 aromatic rings. The van der Waals surface area contributed by atoms with E-state index in [0.717, 1.165) is 12.0 Å². The van der Waals surface area contributed by atoms with Gasteiger partial charge in [-0.05, 0) is 24.3 Å². The van der Waals surface area contributed by atoms with Crippen molar-refractivity contribution in [2.45, 2.75) is 0 Å². The van der Waals surface area contributed by atoms with Gasteiger partial charge in [-0.25, -0.2) is 0 Å². The van der Waals surface area contributed by atoms with Gasteiger partial charge in [0.05, 0.1) is 13.2 Å². The zero-order valence-electron chi connectivity index (χ0n) is 8.32. The molecule has 0 radical (unpaired) electrons. The average molecular weight is 229 g/mol. The van der Waals surface area contributed by atoms with Crippen LogP contribution in [0.25, 0.3) is 0 Å². The van der Waals surface area contributed by atoms with Gasteiger partial charge >= 0.3 is 0 Å². The van der Waals surface area contributed by atoms with Gasteiger partial charge in [-0.3, -0.25) is 4.79 Å². The molecular weight excluding hydrogens is 216 g/mol. The van der Waals surface area contributed by atoms with Crippen molar-refractivity contribution < 1.29 is 14.3 Å². The molecule has 0 N–H and O–H groups in total. The molecule has 1 rings (SSSR count). The molecule has 0 atom stereocenters. The van der Waals surface area contributed by atoms with Crippen molar-refractivity contribution in [1.29, 1.82) is 0 Å². The third-order valence-corrected chi connectivity index (χ3v) is 1.89. The van der Waals surface area contributed by atoms with Crippen molar-refractivity contribution in [2.75, 3.05) is 25.7 Å². The summed E-state index contributed by atoms with van der Waals surface area (Å²) in [4.78, 5) is 10.4. The zero-order valence-corrected chi connectivity index (χ0v) is 9.07. The van der Waals surface area contributed by atoms with Gasteiger partial charge in [0.15, 0.2) is 0 Å². The number of alkyl halides is 1. The predicted molar refractivity (Wildman–Crippen MR) is 58.9 cm³/mol. The summed E-state index contributed by atoms with van der Waals surface area (Å²) < 4.78 is 10.5. The minimum atomic E-state index is 0.483. The van der Waals surface area contributed by atoms with Gasteiger partial charge in [-0.15, -0.1) is 11.6 Å². The largest absolute Gasteiger partial charge is 0.491 e. The van der Waals surface area contributed by atoms with Crippen molar-refractivity contribution >= 4 is 17.9 Å². The van der Waals surface area contributed by atoms with Gasteiger partial charge in [0.1, 0.15) is 18.6 Å². The minimum absolute atomic E-state index is 0.483. The van der Waals surface area contributed by atoms with Crippen molar-refractivity contribution in [3.05, 3.63) is 29.8 Å². The summed E-state index contributed by atoms with van der Waals surface area (Å²) >= 11 is 5.43. The van der Waals surface area contributed by atoms with Crippen molar-refractivity contribution in [2.24, 2.45) is 0 Å². The number of aldehydes is 1. The van der Waals surface area contributed by atoms with Crippen molar-refractivity contribution in [3.8, 4) is 5.75 Å². The van der Waals surface area contributed by atoms with Crippen LogP contribution in [0.2, 0.25) is 0 Å². The Morgan fingerprint density at radius 1 is 1.13 bits per heavy atom. The Hall–Kier alpha value is -1.06. The Bertz CT molecular complexity index is 284. The maximum Gasteiger partial charge on any atom is 0.150 e. The second kappa shape index (κ2) is 7.26. The highest BCUT2D eigenvalue weighted by Crippen LogP contribution is 2.10. The molecule has 15 heavy (non-hydrogen) atoms. The highest BCUT2D eigenvalue weighted by atomic mass is 35.5. The fourth-order valence-corrected chi connectivity index (χ4v) is 1.13. The Kier molecular flexibility index (Phi) is 5.81. The van der Waals surface area contributed by atoms with E-state index in [9.17, 15) is 4.79 Å². The smallest absolute Gasteiger partial charge is 0.150 e. The highest BCUT2D eigenvalue weighted by molar-refractivity contribution is 6.17. The Balaban J connectivity index is 2.22. The molecule has 0 aromatic heterocycles. The number of hydrogen-bond donors (Lipinski definition) is 0. The van der Waals surface area contributed by atoms with Crippen molar-refractivity contribution in [1.82, 2.24) is 0 Å². The Labute approximate surface area is 93.9 Å². The molecule has 0 aliphatic carbocycles. The van der Waals surface area contributed by atoms with E-state index in [1.165, 1.54) is 0 Å². The summed E-state index contributed by atoms with van der Waals surface area (Å²) in [5.74, 6) is 1.23. The molecule has 4 heteroatoms. The summed E-state index contributed by atoms with van der Waals surface area (Å²) in [6.45, 7) is 1.54. The number of carbonyl (C=O) groups excluding carboxylic acids is 1. The fourth-order valence-electron chi connectivity index (χ4n) is 1.02. The molecule has 0 aliphatic rings. The lowest BCUT2D eigenvalue weighted by Gasteiger charge is -2.06. The van der Waals surface area contributed by atoms with Crippen LogP contribution in [0.1, 0.15) is 10.4 Å². The number of ether oxygens (including phenoxy) is 2. The number of carbonyl (C=O) groups is 1. The van der Waals surface area contributed by atoms with Crippen LogP contribution in [0.3, 0.4) is 0 Å². The van der Waals surface area contributed by atoms with Crippen LogP contribution in [0.4, 0.5) is 0 Å². The highest BCUT2D eigenvalue weighted by Gasteiger charge is 1.94. The average Bonchev–Trinajstić information content (AvgIpc) is 2.30. The summed E-state index contributed by atoms with van der Waals surface area (Å²) in [5.41, 5.74) is 0.640. The van der Waals surface area contributed by atoms with E-state index >= 15 is 0 Å². The third kappa shape index (κ3) is 4.81. The molecular formula is C11H13ClO3. The van der Waals surface area contributed by atoms with Crippen LogP contribution < -0.4 is 4.74 Å². The second-order valence-electron chi connectivity index (χ2n) is 2.84. The normalized spacial score (nSPS) is 9.93. The van der Waals surface area contributed by atoms with Crippen molar-refractivity contribution in [3.63, 3.8) is 0 Å². The number of benzene rings is 1. The summed E-state index contributed by atoms with van der Waals surface area (Å²) in [6, 6.07) is 6.93. The number of hydrogen-bond acceptors (Lipinski definition) is 3. The molecule has 0 fully saturated rings. The molecule has 0 heterocycles. The number of halogens is 1. The molecule has 82 valence electrons. The summed E-state index contributed by atoms with van der Waals surface area (Å²) in [6.07, 6.45) is 0.799. The van der Waals surface area contributed by atoms with Gasteiger partial charge in [0.25, 0.3) is 0 Å². The van der Waals surface area contributed by atoms with Gasteiger partial charge in [0, 0.05) is 11.4 Å². The monoisotopic (exact) mass is 228 g/mol. The topological polar surface area (TPSA) is 35.5 Å². The molecule has 0 unspecified atom stereocenters. The summed E-state index contributed by atoms with van der Waals surface area (Å²) in [5, 5.41) is 0. The van der Waals surface area contributed by atoms with Crippen LogP contribution in [0.5, 0.6) is 5.75 Å². The quantitative estimate of drug-likeness (QED) is 0.408. The molecule has 0 bridgehead atoms. The zero-order chi connectivity index (χ0) is 10.9. The second-order valence-corrected chi connectivity index (χ2v) is 3.21. The molecule has 0 saturated carbocycles. The maximum absolute atomic E-state index is 10.4. The minimum Gasteiger partial charge on any atom is -0.491 e. The van der Waals surface area contributed by atoms with Crippen LogP contribution in [0.15, 0.2) is 24.3 Å². The van der Waals surface area contributed by atoms with Crippen LogP contribution in [-0.4, -0.2) is 32.0 Å². The first-order valence-electron chi connectivity index (χ1n) is 4.68. The standard InChI is InChI=1S/C11H13ClO3/c12-5-6-14-7-8-15-11-3-1-10(9-13)2-4-11/h1-4,9H,5-8H2. The fraction of sp³-hybridized carbons (Fsp3) is 0.364. The molecule has 0 saturated heterocycles. The van der Waals surface area contributed by atoms with E-state index in [4.69, 9.17) is 21.1 Å². The lowest BCUT2D eigenvalue weighted by Crippen LogP contribution is -2.07. The first-order chi connectivity index (χ1) is 7.36. The SMILES string of the molecule is O=Cc1ccc(OCCOCCCl)cc1. The Morgan fingerprint density at radius 2 is 1.87 bits per heavy atom. The first kappa shape index (κ1) is 12.0. The molecule has 0 aliphatic heterocycles.